The molecule has 1 aromatic heterocycles. The maximum Gasteiger partial charge on any atom is 0.294 e. The molecule has 0 aliphatic rings. The van der Waals surface area contributed by atoms with Crippen LogP contribution < -0.4 is 5.56 Å². The minimum atomic E-state index is -0.711. The number of hydrogen-bond donors (Lipinski definition) is 1. The van der Waals surface area contributed by atoms with Crippen LogP contribution in [0, 0.1) is 10.1 Å². The highest BCUT2D eigenvalue weighted by Gasteiger charge is 2.11. The third-order valence-electron chi connectivity index (χ3n) is 1.05. The summed E-state index contributed by atoms with van der Waals surface area (Å²) < 4.78 is 0. The molecule has 0 saturated heterocycles. The van der Waals surface area contributed by atoms with E-state index in [4.69, 9.17) is 11.6 Å². The zero-order chi connectivity index (χ0) is 8.43. The van der Waals surface area contributed by atoms with E-state index in [0.29, 0.717) is 0 Å². The Balaban J connectivity index is 3.35. The summed E-state index contributed by atoms with van der Waals surface area (Å²) in [5.74, 6) is 0. The van der Waals surface area contributed by atoms with E-state index in [0.717, 1.165) is 12.3 Å². The normalized spacial score (nSPS) is 9.55. The lowest BCUT2D eigenvalue weighted by Crippen LogP contribution is -2.04. The molecule has 0 radical (unpaired) electrons. The van der Waals surface area contributed by atoms with Gasteiger partial charge in [-0.05, 0) is 0 Å². The molecule has 5 nitrogen and oxygen atoms in total. The van der Waals surface area contributed by atoms with Crippen LogP contribution in [0.4, 0.5) is 5.69 Å². The van der Waals surface area contributed by atoms with E-state index in [1.165, 1.54) is 0 Å². The van der Waals surface area contributed by atoms with Crippen molar-refractivity contribution in [2.24, 2.45) is 0 Å². The number of halogens is 1. The van der Waals surface area contributed by atoms with Crippen LogP contribution in [0.2, 0.25) is 5.02 Å². The molecular formula is C5H3ClN2O3. The Kier molecular flexibility index (Phi) is 1.91. The molecule has 1 N–H and O–H groups in total. The Morgan fingerprint density at radius 3 is 2.73 bits per heavy atom. The molecule has 0 aliphatic heterocycles. The number of nitrogens with one attached hydrogen (secondary N) is 1. The fourth-order valence-corrected chi connectivity index (χ4v) is 0.761. The third-order valence-corrected chi connectivity index (χ3v) is 1.35. The lowest BCUT2D eigenvalue weighted by atomic mass is 10.4. The second kappa shape index (κ2) is 2.71. The van der Waals surface area contributed by atoms with Crippen LogP contribution in [0.1, 0.15) is 0 Å². The predicted octanol–water partition coefficient (Wildman–Crippen LogP) is 0.936. The fourth-order valence-electron chi connectivity index (χ4n) is 0.583. The Bertz CT molecular complexity index is 346. The first-order valence-corrected chi connectivity index (χ1v) is 3.01. The second-order valence-corrected chi connectivity index (χ2v) is 2.19. The van der Waals surface area contributed by atoms with Crippen LogP contribution in [-0.4, -0.2) is 9.91 Å². The number of aromatic nitrogens is 1. The largest absolute Gasteiger partial charge is 0.327 e. The molecule has 11 heavy (non-hydrogen) atoms. The molecule has 1 rings (SSSR count). The molecule has 58 valence electrons. The topological polar surface area (TPSA) is 76.0 Å². The summed E-state index contributed by atoms with van der Waals surface area (Å²) in [5.41, 5.74) is -0.920. The van der Waals surface area contributed by atoms with E-state index < -0.39 is 10.5 Å². The van der Waals surface area contributed by atoms with E-state index >= 15 is 0 Å². The Morgan fingerprint density at radius 1 is 1.64 bits per heavy atom. The monoisotopic (exact) mass is 174 g/mol. The molecule has 6 heteroatoms. The Labute approximate surface area is 65.8 Å². The van der Waals surface area contributed by atoms with Crippen LogP contribution in [0.15, 0.2) is 17.1 Å². The zero-order valence-electron chi connectivity index (χ0n) is 5.20. The molecule has 0 aliphatic carbocycles. The summed E-state index contributed by atoms with van der Waals surface area (Å²) in [4.78, 5) is 22.2. The molecule has 1 heterocycles. The lowest BCUT2D eigenvalue weighted by Gasteiger charge is -1.90. The summed E-state index contributed by atoms with van der Waals surface area (Å²) in [7, 11) is 0. The Hall–Kier alpha value is -1.36. The number of pyridine rings is 1. The number of nitro groups is 1. The highest BCUT2D eigenvalue weighted by atomic mass is 35.5. The van der Waals surface area contributed by atoms with Gasteiger partial charge in [-0.1, -0.05) is 11.6 Å². The van der Waals surface area contributed by atoms with Crippen molar-refractivity contribution in [3.63, 3.8) is 0 Å². The zero-order valence-corrected chi connectivity index (χ0v) is 5.96. The van der Waals surface area contributed by atoms with Gasteiger partial charge in [-0.25, -0.2) is 0 Å². The first-order valence-electron chi connectivity index (χ1n) is 2.64. The summed E-state index contributed by atoms with van der Waals surface area (Å²) in [6.07, 6.45) is 1.09. The average molecular weight is 175 g/mol. The summed E-state index contributed by atoms with van der Waals surface area (Å²) in [5, 5.41) is 10.1. The fraction of sp³-hybridized carbons (Fsp3) is 0. The minimum absolute atomic E-state index is 0.0744. The van der Waals surface area contributed by atoms with Gasteiger partial charge in [0.2, 0.25) is 0 Å². The predicted molar refractivity (Wildman–Crippen MR) is 38.7 cm³/mol. The van der Waals surface area contributed by atoms with Gasteiger partial charge in [0.05, 0.1) is 11.0 Å². The van der Waals surface area contributed by atoms with Crippen LogP contribution in [0.5, 0.6) is 0 Å². The van der Waals surface area contributed by atoms with Crippen LogP contribution >= 0.6 is 11.6 Å². The molecule has 0 atom stereocenters. The van der Waals surface area contributed by atoms with Gasteiger partial charge in [-0.2, -0.15) is 0 Å². The van der Waals surface area contributed by atoms with Crippen molar-refractivity contribution in [1.82, 2.24) is 4.98 Å². The van der Waals surface area contributed by atoms with Gasteiger partial charge in [0, 0.05) is 6.20 Å². The van der Waals surface area contributed by atoms with Gasteiger partial charge < -0.3 is 4.98 Å². The Morgan fingerprint density at radius 2 is 2.27 bits per heavy atom. The van der Waals surface area contributed by atoms with Crippen molar-refractivity contribution in [2.45, 2.75) is 0 Å². The number of H-pyrrole nitrogens is 1. The van der Waals surface area contributed by atoms with Crippen LogP contribution in [0.3, 0.4) is 0 Å². The molecule has 0 unspecified atom stereocenters. The number of rotatable bonds is 1. The van der Waals surface area contributed by atoms with Gasteiger partial charge in [-0.3, -0.25) is 14.9 Å². The van der Waals surface area contributed by atoms with Crippen molar-refractivity contribution in [3.8, 4) is 0 Å². The maximum absolute atomic E-state index is 10.5. The van der Waals surface area contributed by atoms with Gasteiger partial charge in [-0.15, -0.1) is 0 Å². The van der Waals surface area contributed by atoms with Crippen molar-refractivity contribution < 1.29 is 4.92 Å². The van der Waals surface area contributed by atoms with E-state index in [2.05, 4.69) is 4.98 Å². The average Bonchev–Trinajstić information content (AvgIpc) is 1.94. The summed E-state index contributed by atoms with van der Waals surface area (Å²) in [6.45, 7) is 0. The number of aromatic amines is 1. The molecule has 0 amide bonds. The summed E-state index contributed by atoms with van der Waals surface area (Å²) in [6, 6.07) is 0.836. The van der Waals surface area contributed by atoms with Crippen molar-refractivity contribution in [3.05, 3.63) is 37.8 Å². The quantitative estimate of drug-likeness (QED) is 0.508. The molecule has 0 aromatic carbocycles. The molecule has 0 bridgehead atoms. The standard InChI is InChI=1S/C5H3ClN2O3/c6-3-2-7-5(9)1-4(3)8(10)11/h1-2H,(H,7,9). The molecule has 0 fully saturated rings. The molecule has 0 saturated carbocycles. The van der Waals surface area contributed by atoms with E-state index in [1.807, 2.05) is 0 Å². The van der Waals surface area contributed by atoms with E-state index in [-0.39, 0.29) is 10.7 Å². The van der Waals surface area contributed by atoms with Gasteiger partial charge in [0.25, 0.3) is 11.2 Å². The molecule has 0 spiro atoms. The van der Waals surface area contributed by atoms with Crippen molar-refractivity contribution in [2.75, 3.05) is 0 Å². The summed E-state index contributed by atoms with van der Waals surface area (Å²) >= 11 is 5.38. The molecule has 1 aromatic rings. The van der Waals surface area contributed by atoms with Gasteiger partial charge >= 0.3 is 0 Å². The first-order chi connectivity index (χ1) is 5.11. The van der Waals surface area contributed by atoms with Crippen molar-refractivity contribution in [1.29, 1.82) is 0 Å². The van der Waals surface area contributed by atoms with E-state index in [1.54, 1.807) is 0 Å². The minimum Gasteiger partial charge on any atom is -0.327 e. The van der Waals surface area contributed by atoms with Crippen molar-refractivity contribution >= 4 is 17.3 Å². The highest BCUT2D eigenvalue weighted by Crippen LogP contribution is 2.19. The maximum atomic E-state index is 10.5. The SMILES string of the molecule is O=c1cc([N+](=O)[O-])c(Cl)c[nH]1. The van der Waals surface area contributed by atoms with E-state index in [9.17, 15) is 14.9 Å². The third kappa shape index (κ3) is 1.56. The first kappa shape index (κ1) is 7.74. The lowest BCUT2D eigenvalue weighted by molar-refractivity contribution is -0.384. The van der Waals surface area contributed by atoms with Gasteiger partial charge in [0.1, 0.15) is 5.02 Å². The second-order valence-electron chi connectivity index (χ2n) is 1.79. The van der Waals surface area contributed by atoms with Gasteiger partial charge in [0.15, 0.2) is 0 Å². The number of hydrogen-bond acceptors (Lipinski definition) is 3. The number of nitrogens with zero attached hydrogens (tertiary/aromatic N) is 1. The molecular weight excluding hydrogens is 172 g/mol. The van der Waals surface area contributed by atoms with Crippen LogP contribution in [-0.2, 0) is 0 Å². The smallest absolute Gasteiger partial charge is 0.294 e. The highest BCUT2D eigenvalue weighted by molar-refractivity contribution is 6.32. The van der Waals surface area contributed by atoms with Crippen LogP contribution in [0.25, 0.3) is 0 Å².